The van der Waals surface area contributed by atoms with Crippen molar-refractivity contribution < 1.29 is 4.79 Å². The predicted molar refractivity (Wildman–Crippen MR) is 85.9 cm³/mol. The Labute approximate surface area is 126 Å². The van der Waals surface area contributed by atoms with Crippen molar-refractivity contribution in [1.82, 2.24) is 5.32 Å². The van der Waals surface area contributed by atoms with E-state index in [1.165, 1.54) is 11.1 Å². The highest BCUT2D eigenvalue weighted by molar-refractivity contribution is 5.81. The van der Waals surface area contributed by atoms with Crippen molar-refractivity contribution in [3.63, 3.8) is 0 Å². The fraction of sp³-hybridized carbons (Fsp3) is 0.278. The van der Waals surface area contributed by atoms with Gasteiger partial charge in [0.05, 0.1) is 6.04 Å². The average Bonchev–Trinajstić information content (AvgIpc) is 2.54. The molecule has 0 bridgehead atoms. The quantitative estimate of drug-likeness (QED) is 0.818. The van der Waals surface area contributed by atoms with Gasteiger partial charge in [0.15, 0.2) is 0 Å². The number of nitrogens with one attached hydrogen (secondary N) is 1. The van der Waals surface area contributed by atoms with Crippen LogP contribution in [0.4, 0.5) is 0 Å². The largest absolute Gasteiger partial charge is 0.354 e. The van der Waals surface area contributed by atoms with Crippen molar-refractivity contribution in [2.45, 2.75) is 25.3 Å². The molecule has 3 nitrogen and oxygen atoms in total. The minimum atomic E-state index is -0.444. The van der Waals surface area contributed by atoms with Gasteiger partial charge in [-0.1, -0.05) is 60.7 Å². The Balaban J connectivity index is 1.68. The average molecular weight is 282 g/mol. The summed E-state index contributed by atoms with van der Waals surface area (Å²) in [5, 5.41) is 2.90. The van der Waals surface area contributed by atoms with E-state index in [-0.39, 0.29) is 5.91 Å². The van der Waals surface area contributed by atoms with Gasteiger partial charge >= 0.3 is 0 Å². The molecule has 1 unspecified atom stereocenters. The van der Waals surface area contributed by atoms with Gasteiger partial charge in [-0.25, -0.2) is 0 Å². The maximum Gasteiger partial charge on any atom is 0.236 e. The van der Waals surface area contributed by atoms with E-state index in [1.54, 1.807) is 0 Å². The Morgan fingerprint density at radius 1 is 0.905 bits per heavy atom. The molecule has 0 radical (unpaired) electrons. The molecular formula is C18H22N2O. The van der Waals surface area contributed by atoms with Gasteiger partial charge in [0.2, 0.25) is 5.91 Å². The highest BCUT2D eigenvalue weighted by atomic mass is 16.2. The molecule has 2 aromatic rings. The summed E-state index contributed by atoms with van der Waals surface area (Å²) < 4.78 is 0. The second-order valence-corrected chi connectivity index (χ2v) is 5.16. The third kappa shape index (κ3) is 5.40. The molecule has 0 aromatic heterocycles. The summed E-state index contributed by atoms with van der Waals surface area (Å²) in [6.07, 6.45) is 2.33. The van der Waals surface area contributed by atoms with E-state index >= 15 is 0 Å². The second-order valence-electron chi connectivity index (χ2n) is 5.16. The smallest absolute Gasteiger partial charge is 0.236 e. The van der Waals surface area contributed by atoms with E-state index < -0.39 is 6.04 Å². The molecule has 2 rings (SSSR count). The summed E-state index contributed by atoms with van der Waals surface area (Å²) in [5.41, 5.74) is 8.36. The highest BCUT2D eigenvalue weighted by Crippen LogP contribution is 2.04. The molecule has 0 fully saturated rings. The molecule has 3 heteroatoms. The first kappa shape index (κ1) is 15.3. The van der Waals surface area contributed by atoms with Crippen LogP contribution in [0.25, 0.3) is 0 Å². The van der Waals surface area contributed by atoms with E-state index in [0.29, 0.717) is 13.0 Å². The summed E-state index contributed by atoms with van der Waals surface area (Å²) in [7, 11) is 0. The number of benzene rings is 2. The van der Waals surface area contributed by atoms with Crippen molar-refractivity contribution >= 4 is 5.91 Å². The first-order chi connectivity index (χ1) is 10.3. The van der Waals surface area contributed by atoms with Crippen molar-refractivity contribution in [2.24, 2.45) is 5.73 Å². The molecule has 1 amide bonds. The summed E-state index contributed by atoms with van der Waals surface area (Å²) in [4.78, 5) is 11.9. The first-order valence-corrected chi connectivity index (χ1v) is 7.37. The second kappa shape index (κ2) is 8.22. The lowest BCUT2D eigenvalue weighted by Crippen LogP contribution is -2.41. The van der Waals surface area contributed by atoms with Crippen molar-refractivity contribution in [2.75, 3.05) is 6.54 Å². The molecule has 1 atom stereocenters. The minimum Gasteiger partial charge on any atom is -0.354 e. The fourth-order valence-corrected chi connectivity index (χ4v) is 2.20. The zero-order chi connectivity index (χ0) is 14.9. The van der Waals surface area contributed by atoms with Crippen LogP contribution in [0.15, 0.2) is 60.7 Å². The van der Waals surface area contributed by atoms with Gasteiger partial charge in [0, 0.05) is 6.54 Å². The van der Waals surface area contributed by atoms with Crippen molar-refractivity contribution in [3.8, 4) is 0 Å². The lowest BCUT2D eigenvalue weighted by Gasteiger charge is -2.12. The molecule has 0 heterocycles. The number of carbonyl (C=O) groups is 1. The van der Waals surface area contributed by atoms with Gasteiger partial charge in [0.1, 0.15) is 0 Å². The van der Waals surface area contributed by atoms with Crippen LogP contribution in [0, 0.1) is 0 Å². The van der Waals surface area contributed by atoms with E-state index in [1.807, 2.05) is 36.4 Å². The van der Waals surface area contributed by atoms with E-state index in [4.69, 9.17) is 5.73 Å². The van der Waals surface area contributed by atoms with Crippen LogP contribution >= 0.6 is 0 Å². The number of hydrogen-bond donors (Lipinski definition) is 2. The van der Waals surface area contributed by atoms with Crippen LogP contribution in [0.5, 0.6) is 0 Å². The van der Waals surface area contributed by atoms with Crippen LogP contribution in [0.1, 0.15) is 17.5 Å². The number of rotatable bonds is 7. The van der Waals surface area contributed by atoms with Crippen LogP contribution in [-0.2, 0) is 17.6 Å². The molecule has 0 saturated heterocycles. The number of aryl methyl sites for hydroxylation is 1. The standard InChI is InChI=1S/C18H22N2O/c19-17(12-11-15-7-3-1-4-8-15)18(21)20-14-13-16-9-5-2-6-10-16/h1-10,17H,11-14,19H2,(H,20,21). The Morgan fingerprint density at radius 3 is 2.00 bits per heavy atom. The van der Waals surface area contributed by atoms with Gasteiger partial charge in [-0.3, -0.25) is 4.79 Å². The molecule has 0 saturated carbocycles. The normalized spacial score (nSPS) is 11.9. The Bertz CT molecular complexity index is 540. The van der Waals surface area contributed by atoms with Crippen molar-refractivity contribution in [3.05, 3.63) is 71.8 Å². The Hall–Kier alpha value is -2.13. The molecular weight excluding hydrogens is 260 g/mol. The van der Waals surface area contributed by atoms with Gasteiger partial charge < -0.3 is 11.1 Å². The molecule has 21 heavy (non-hydrogen) atoms. The van der Waals surface area contributed by atoms with Gasteiger partial charge in [0.25, 0.3) is 0 Å². The molecule has 0 aliphatic carbocycles. The lowest BCUT2D eigenvalue weighted by atomic mass is 10.1. The third-order valence-corrected chi connectivity index (χ3v) is 3.48. The maximum absolute atomic E-state index is 11.9. The highest BCUT2D eigenvalue weighted by Gasteiger charge is 2.12. The summed E-state index contributed by atoms with van der Waals surface area (Å²) in [6, 6.07) is 19.8. The fourth-order valence-electron chi connectivity index (χ4n) is 2.20. The molecule has 0 spiro atoms. The Kier molecular flexibility index (Phi) is 5.98. The Morgan fingerprint density at radius 2 is 1.43 bits per heavy atom. The summed E-state index contributed by atoms with van der Waals surface area (Å²) in [5.74, 6) is -0.0677. The number of amides is 1. The van der Waals surface area contributed by atoms with Crippen LogP contribution in [0.3, 0.4) is 0 Å². The van der Waals surface area contributed by atoms with E-state index in [2.05, 4.69) is 29.6 Å². The van der Waals surface area contributed by atoms with Crippen LogP contribution < -0.4 is 11.1 Å². The lowest BCUT2D eigenvalue weighted by molar-refractivity contribution is -0.122. The molecule has 0 aliphatic rings. The van der Waals surface area contributed by atoms with E-state index in [0.717, 1.165) is 12.8 Å². The monoisotopic (exact) mass is 282 g/mol. The molecule has 110 valence electrons. The van der Waals surface area contributed by atoms with Gasteiger partial charge in [-0.2, -0.15) is 0 Å². The van der Waals surface area contributed by atoms with Crippen molar-refractivity contribution in [1.29, 1.82) is 0 Å². The van der Waals surface area contributed by atoms with Crippen LogP contribution in [0.2, 0.25) is 0 Å². The van der Waals surface area contributed by atoms with Crippen LogP contribution in [-0.4, -0.2) is 18.5 Å². The first-order valence-electron chi connectivity index (χ1n) is 7.37. The number of hydrogen-bond acceptors (Lipinski definition) is 2. The number of carbonyl (C=O) groups excluding carboxylic acids is 1. The van der Waals surface area contributed by atoms with E-state index in [9.17, 15) is 4.79 Å². The number of nitrogens with two attached hydrogens (primary N) is 1. The maximum atomic E-state index is 11.9. The SMILES string of the molecule is NC(CCc1ccccc1)C(=O)NCCc1ccccc1. The van der Waals surface area contributed by atoms with Gasteiger partial charge in [-0.05, 0) is 30.4 Å². The summed E-state index contributed by atoms with van der Waals surface area (Å²) in [6.45, 7) is 0.627. The molecule has 3 N–H and O–H groups in total. The molecule has 0 aliphatic heterocycles. The third-order valence-electron chi connectivity index (χ3n) is 3.48. The zero-order valence-corrected chi connectivity index (χ0v) is 12.2. The minimum absolute atomic E-state index is 0.0677. The predicted octanol–water partition coefficient (Wildman–Crippen LogP) is 2.31. The summed E-state index contributed by atoms with van der Waals surface area (Å²) >= 11 is 0. The topological polar surface area (TPSA) is 55.1 Å². The zero-order valence-electron chi connectivity index (χ0n) is 12.2. The molecule has 2 aromatic carbocycles. The van der Waals surface area contributed by atoms with Gasteiger partial charge in [-0.15, -0.1) is 0 Å².